The molecule has 0 saturated carbocycles. The average molecular weight is 520 g/mol. The molecule has 1 aromatic rings. The maximum absolute atomic E-state index is 13.6. The molecule has 3 aliphatic rings. The number of rotatable bonds is 9. The molecule has 0 spiro atoms. The van der Waals surface area contributed by atoms with E-state index >= 15 is 0 Å². The van der Waals surface area contributed by atoms with Gasteiger partial charge in [-0.3, -0.25) is 14.4 Å². The van der Waals surface area contributed by atoms with Crippen molar-refractivity contribution in [2.75, 3.05) is 25.6 Å². The van der Waals surface area contributed by atoms with Crippen molar-refractivity contribution in [3.05, 3.63) is 35.9 Å². The molecule has 3 amide bonds. The van der Waals surface area contributed by atoms with Crippen LogP contribution in [0.3, 0.4) is 0 Å². The summed E-state index contributed by atoms with van der Waals surface area (Å²) in [6.07, 6.45) is 1.44. The van der Waals surface area contributed by atoms with Gasteiger partial charge in [0.2, 0.25) is 11.8 Å². The minimum absolute atomic E-state index is 0.0101. The van der Waals surface area contributed by atoms with E-state index in [0.717, 1.165) is 24.8 Å². The third-order valence-electron chi connectivity index (χ3n) is 7.09. The molecule has 36 heavy (non-hydrogen) atoms. The molecule has 5 atom stereocenters. The molecule has 3 N–H and O–H groups in total. The number of ether oxygens (including phenoxy) is 2. The number of aliphatic hydroxyl groups is 1. The first-order valence-electron chi connectivity index (χ1n) is 12.7. The van der Waals surface area contributed by atoms with Gasteiger partial charge >= 0.3 is 0 Å². The minimum Gasteiger partial charge on any atom is -0.381 e. The average Bonchev–Trinajstić information content (AvgIpc) is 3.63. The van der Waals surface area contributed by atoms with Crippen molar-refractivity contribution >= 4 is 29.5 Å². The maximum Gasteiger partial charge on any atom is 0.254 e. The van der Waals surface area contributed by atoms with E-state index < -0.39 is 34.9 Å². The topological polar surface area (TPSA) is 117 Å². The summed E-state index contributed by atoms with van der Waals surface area (Å²) in [5.41, 5.74) is 0.879. The van der Waals surface area contributed by atoms with Crippen LogP contribution in [0.15, 0.2) is 30.3 Å². The molecule has 9 nitrogen and oxygen atoms in total. The highest BCUT2D eigenvalue weighted by molar-refractivity contribution is 8.00. The normalized spacial score (nSPS) is 27.0. The summed E-state index contributed by atoms with van der Waals surface area (Å²) in [6, 6.07) is 7.79. The summed E-state index contributed by atoms with van der Waals surface area (Å²) in [5.74, 6) is -0.885. The lowest BCUT2D eigenvalue weighted by atomic mass is 9.97. The van der Waals surface area contributed by atoms with Crippen LogP contribution >= 0.6 is 11.8 Å². The van der Waals surface area contributed by atoms with Gasteiger partial charge in [-0.2, -0.15) is 0 Å². The van der Waals surface area contributed by atoms with E-state index in [1.165, 1.54) is 16.7 Å². The summed E-state index contributed by atoms with van der Waals surface area (Å²) in [7, 11) is 0. The van der Waals surface area contributed by atoms with Crippen LogP contribution in [0.1, 0.15) is 45.1 Å². The molecule has 3 aliphatic heterocycles. The first-order chi connectivity index (χ1) is 17.3. The fourth-order valence-corrected chi connectivity index (χ4v) is 6.18. The molecular formula is C26H37N3O6S. The number of benzene rings is 1. The lowest BCUT2D eigenvalue weighted by Crippen LogP contribution is -2.59. The number of carbonyl (C=O) groups is 3. The van der Waals surface area contributed by atoms with E-state index in [4.69, 9.17) is 9.47 Å². The Kier molecular flexibility index (Phi) is 8.92. The van der Waals surface area contributed by atoms with E-state index in [9.17, 15) is 19.5 Å². The second-order valence-electron chi connectivity index (χ2n) is 10.2. The van der Waals surface area contributed by atoms with E-state index in [2.05, 4.69) is 10.6 Å². The second-order valence-corrected chi connectivity index (χ2v) is 11.8. The van der Waals surface area contributed by atoms with Crippen molar-refractivity contribution in [1.29, 1.82) is 0 Å². The van der Waals surface area contributed by atoms with Gasteiger partial charge < -0.3 is 30.1 Å². The van der Waals surface area contributed by atoms with Crippen molar-refractivity contribution < 1.29 is 29.0 Å². The standard InChI is InChI=1S/C26H37N3O6S/c1-26(2)22(24(32)27-15-18-10-6-12-34-18)29(16-36-26)25(33)21(30)19(14-17-8-4-3-5-9-17)28-23(31)20-11-7-13-35-20/h3-5,8-9,18-22,30H,6-7,10-16H2,1-2H3,(H,27,32)(H,28,31)/t18-,19+,20+,21+,22-/m1/s1. The van der Waals surface area contributed by atoms with Crippen LogP contribution in [0.4, 0.5) is 0 Å². The Bertz CT molecular complexity index is 918. The Labute approximate surface area is 216 Å². The van der Waals surface area contributed by atoms with E-state index in [-0.39, 0.29) is 30.2 Å². The second kappa shape index (κ2) is 11.9. The molecule has 3 fully saturated rings. The Morgan fingerprint density at radius 2 is 1.83 bits per heavy atom. The molecule has 0 aliphatic carbocycles. The molecule has 198 valence electrons. The van der Waals surface area contributed by atoms with Gasteiger partial charge in [0.15, 0.2) is 6.10 Å². The maximum atomic E-state index is 13.6. The molecule has 4 rings (SSSR count). The van der Waals surface area contributed by atoms with Gasteiger partial charge in [-0.25, -0.2) is 0 Å². The number of nitrogens with one attached hydrogen (secondary N) is 2. The van der Waals surface area contributed by atoms with Gasteiger partial charge in [-0.05, 0) is 51.5 Å². The first kappa shape index (κ1) is 26.9. The largest absolute Gasteiger partial charge is 0.381 e. The van der Waals surface area contributed by atoms with E-state index in [0.29, 0.717) is 26.2 Å². The van der Waals surface area contributed by atoms with Gasteiger partial charge in [0.1, 0.15) is 12.1 Å². The third-order valence-corrected chi connectivity index (χ3v) is 8.46. The number of amides is 3. The van der Waals surface area contributed by atoms with Crippen LogP contribution < -0.4 is 10.6 Å². The Morgan fingerprint density at radius 3 is 2.50 bits per heavy atom. The molecule has 10 heteroatoms. The number of thioether (sulfide) groups is 1. The van der Waals surface area contributed by atoms with Gasteiger partial charge in [0, 0.05) is 24.5 Å². The Balaban J connectivity index is 1.48. The molecule has 0 bridgehead atoms. The van der Waals surface area contributed by atoms with Crippen molar-refractivity contribution in [3.63, 3.8) is 0 Å². The molecule has 3 saturated heterocycles. The Hall–Kier alpha value is -2.14. The van der Waals surface area contributed by atoms with Crippen LogP contribution in [0.2, 0.25) is 0 Å². The molecule has 3 heterocycles. The molecule has 0 radical (unpaired) electrons. The number of hydrogen-bond acceptors (Lipinski definition) is 7. The summed E-state index contributed by atoms with van der Waals surface area (Å²) in [4.78, 5) is 41.1. The lowest BCUT2D eigenvalue weighted by Gasteiger charge is -2.33. The predicted molar refractivity (Wildman–Crippen MR) is 136 cm³/mol. The predicted octanol–water partition coefficient (Wildman–Crippen LogP) is 1.23. The van der Waals surface area contributed by atoms with Gasteiger partial charge in [-0.1, -0.05) is 30.3 Å². The monoisotopic (exact) mass is 519 g/mol. The summed E-state index contributed by atoms with van der Waals surface area (Å²) in [6.45, 7) is 5.46. The van der Waals surface area contributed by atoms with Crippen molar-refractivity contribution in [2.24, 2.45) is 0 Å². The molecule has 0 unspecified atom stereocenters. The SMILES string of the molecule is CC1(C)SCN(C(=O)[C@@H](O)[C@H](Cc2ccccc2)NC(=O)[C@@H]2CCCO2)[C@@H]1C(=O)NC[C@H]1CCCO1. The molecule has 0 aromatic heterocycles. The number of hydrogen-bond donors (Lipinski definition) is 3. The zero-order chi connectivity index (χ0) is 25.7. The highest BCUT2D eigenvalue weighted by Gasteiger charge is 2.50. The fourth-order valence-electron chi connectivity index (χ4n) is 5.04. The van der Waals surface area contributed by atoms with Crippen LogP contribution in [0, 0.1) is 0 Å². The van der Waals surface area contributed by atoms with Crippen molar-refractivity contribution in [2.45, 2.75) is 81.1 Å². The highest BCUT2D eigenvalue weighted by Crippen LogP contribution is 2.40. The van der Waals surface area contributed by atoms with Gasteiger partial charge in [0.25, 0.3) is 5.91 Å². The Morgan fingerprint density at radius 1 is 1.11 bits per heavy atom. The zero-order valence-electron chi connectivity index (χ0n) is 21.0. The van der Waals surface area contributed by atoms with Crippen molar-refractivity contribution in [1.82, 2.24) is 15.5 Å². The minimum atomic E-state index is -1.52. The first-order valence-corrected chi connectivity index (χ1v) is 13.7. The number of aliphatic hydroxyl groups excluding tert-OH is 1. The quantitative estimate of drug-likeness (QED) is 0.449. The van der Waals surface area contributed by atoms with Crippen LogP contribution in [0.5, 0.6) is 0 Å². The lowest BCUT2D eigenvalue weighted by molar-refractivity contribution is -0.148. The van der Waals surface area contributed by atoms with Crippen molar-refractivity contribution in [3.8, 4) is 0 Å². The number of carbonyl (C=O) groups excluding carboxylic acids is 3. The zero-order valence-corrected chi connectivity index (χ0v) is 21.8. The number of nitrogens with zero attached hydrogens (tertiary/aromatic N) is 1. The van der Waals surface area contributed by atoms with Gasteiger partial charge in [-0.15, -0.1) is 11.8 Å². The fraction of sp³-hybridized carbons (Fsp3) is 0.654. The van der Waals surface area contributed by atoms with E-state index in [1.807, 2.05) is 44.2 Å². The smallest absolute Gasteiger partial charge is 0.254 e. The molecule has 1 aromatic carbocycles. The highest BCUT2D eigenvalue weighted by atomic mass is 32.2. The van der Waals surface area contributed by atoms with Crippen LogP contribution in [0.25, 0.3) is 0 Å². The summed E-state index contributed by atoms with van der Waals surface area (Å²) < 4.78 is 10.6. The summed E-state index contributed by atoms with van der Waals surface area (Å²) >= 11 is 1.49. The van der Waals surface area contributed by atoms with Crippen LogP contribution in [-0.4, -0.2) is 88.5 Å². The van der Waals surface area contributed by atoms with E-state index in [1.54, 1.807) is 0 Å². The summed E-state index contributed by atoms with van der Waals surface area (Å²) in [5, 5.41) is 17.1. The molecular weight excluding hydrogens is 482 g/mol. The third kappa shape index (κ3) is 6.40. The van der Waals surface area contributed by atoms with Crippen LogP contribution in [-0.2, 0) is 30.3 Å². The van der Waals surface area contributed by atoms with Gasteiger partial charge in [0.05, 0.1) is 18.0 Å².